The SMILES string of the molecule is CC(C)CCCCNC(=O)CC1NCCCC1C. The molecule has 1 fully saturated rings. The molecular weight excluding hydrogens is 224 g/mol. The Morgan fingerprint density at radius 2 is 2.17 bits per heavy atom. The molecule has 0 bridgehead atoms. The van der Waals surface area contributed by atoms with Crippen molar-refractivity contribution in [2.75, 3.05) is 13.1 Å². The van der Waals surface area contributed by atoms with Crippen molar-refractivity contribution in [3.8, 4) is 0 Å². The van der Waals surface area contributed by atoms with Crippen molar-refractivity contribution in [1.29, 1.82) is 0 Å². The fraction of sp³-hybridized carbons (Fsp3) is 0.933. The first-order chi connectivity index (χ1) is 8.59. The zero-order valence-electron chi connectivity index (χ0n) is 12.3. The van der Waals surface area contributed by atoms with Crippen LogP contribution in [0.4, 0.5) is 0 Å². The van der Waals surface area contributed by atoms with Crippen LogP contribution < -0.4 is 10.6 Å². The maximum atomic E-state index is 11.8. The monoisotopic (exact) mass is 254 g/mol. The molecule has 2 N–H and O–H groups in total. The summed E-state index contributed by atoms with van der Waals surface area (Å²) in [5.74, 6) is 1.62. The molecule has 2 atom stereocenters. The molecular formula is C15H30N2O. The number of unbranched alkanes of at least 4 members (excludes halogenated alkanes) is 1. The van der Waals surface area contributed by atoms with E-state index in [1.54, 1.807) is 0 Å². The van der Waals surface area contributed by atoms with Gasteiger partial charge < -0.3 is 10.6 Å². The Labute approximate surface area is 112 Å². The van der Waals surface area contributed by atoms with E-state index in [1.165, 1.54) is 25.7 Å². The minimum Gasteiger partial charge on any atom is -0.356 e. The summed E-state index contributed by atoms with van der Waals surface area (Å²) in [6.07, 6.45) is 6.73. The van der Waals surface area contributed by atoms with Crippen molar-refractivity contribution < 1.29 is 4.79 Å². The van der Waals surface area contributed by atoms with Gasteiger partial charge in [-0.2, -0.15) is 0 Å². The average Bonchev–Trinajstić information content (AvgIpc) is 2.31. The van der Waals surface area contributed by atoms with E-state index >= 15 is 0 Å². The molecule has 1 saturated heterocycles. The molecule has 0 aliphatic carbocycles. The molecule has 1 aliphatic rings. The van der Waals surface area contributed by atoms with Gasteiger partial charge in [0.2, 0.25) is 5.91 Å². The average molecular weight is 254 g/mol. The lowest BCUT2D eigenvalue weighted by molar-refractivity contribution is -0.122. The van der Waals surface area contributed by atoms with Crippen molar-refractivity contribution in [1.82, 2.24) is 10.6 Å². The molecule has 2 unspecified atom stereocenters. The zero-order chi connectivity index (χ0) is 13.4. The molecule has 1 aliphatic heterocycles. The van der Waals surface area contributed by atoms with Crippen molar-refractivity contribution in [3.63, 3.8) is 0 Å². The molecule has 1 rings (SSSR count). The van der Waals surface area contributed by atoms with E-state index in [4.69, 9.17) is 0 Å². The highest BCUT2D eigenvalue weighted by atomic mass is 16.1. The third-order valence-electron chi connectivity index (χ3n) is 3.87. The number of nitrogens with one attached hydrogen (secondary N) is 2. The summed E-state index contributed by atoms with van der Waals surface area (Å²) in [7, 11) is 0. The second kappa shape index (κ2) is 8.52. The van der Waals surface area contributed by atoms with E-state index in [0.29, 0.717) is 18.4 Å². The van der Waals surface area contributed by atoms with Gasteiger partial charge in [-0.3, -0.25) is 4.79 Å². The van der Waals surface area contributed by atoms with Crippen LogP contribution in [-0.4, -0.2) is 25.0 Å². The minimum atomic E-state index is 0.214. The van der Waals surface area contributed by atoms with Crippen LogP contribution in [0.5, 0.6) is 0 Å². The van der Waals surface area contributed by atoms with Crippen LogP contribution in [0.1, 0.15) is 59.3 Å². The standard InChI is InChI=1S/C15H30N2O/c1-12(2)7-4-5-9-17-15(18)11-14-13(3)8-6-10-16-14/h12-14,16H,4-11H2,1-3H3,(H,17,18). The molecule has 0 saturated carbocycles. The predicted octanol–water partition coefficient (Wildman–Crippen LogP) is 2.71. The van der Waals surface area contributed by atoms with E-state index in [0.717, 1.165) is 25.4 Å². The van der Waals surface area contributed by atoms with Gasteiger partial charge in [0.15, 0.2) is 0 Å². The van der Waals surface area contributed by atoms with E-state index in [2.05, 4.69) is 31.4 Å². The quantitative estimate of drug-likeness (QED) is 0.686. The van der Waals surface area contributed by atoms with Gasteiger partial charge in [0.05, 0.1) is 0 Å². The topological polar surface area (TPSA) is 41.1 Å². The number of piperidine rings is 1. The molecule has 0 aromatic rings. The number of hydrogen-bond donors (Lipinski definition) is 2. The zero-order valence-corrected chi connectivity index (χ0v) is 12.3. The number of rotatable bonds is 7. The van der Waals surface area contributed by atoms with Crippen molar-refractivity contribution >= 4 is 5.91 Å². The fourth-order valence-corrected chi connectivity index (χ4v) is 2.56. The van der Waals surface area contributed by atoms with Crippen molar-refractivity contribution in [2.24, 2.45) is 11.8 Å². The van der Waals surface area contributed by atoms with Crippen LogP contribution in [0.25, 0.3) is 0 Å². The molecule has 18 heavy (non-hydrogen) atoms. The summed E-state index contributed by atoms with van der Waals surface area (Å²) in [6, 6.07) is 0.384. The van der Waals surface area contributed by atoms with Crippen molar-refractivity contribution in [2.45, 2.75) is 65.3 Å². The number of amides is 1. The maximum absolute atomic E-state index is 11.8. The maximum Gasteiger partial charge on any atom is 0.221 e. The van der Waals surface area contributed by atoms with Gasteiger partial charge in [-0.15, -0.1) is 0 Å². The van der Waals surface area contributed by atoms with Gasteiger partial charge >= 0.3 is 0 Å². The lowest BCUT2D eigenvalue weighted by Gasteiger charge is -2.29. The molecule has 0 aromatic heterocycles. The number of carbonyl (C=O) groups excluding carboxylic acids is 1. The van der Waals surface area contributed by atoms with Gasteiger partial charge in [0.1, 0.15) is 0 Å². The Morgan fingerprint density at radius 1 is 1.39 bits per heavy atom. The van der Waals surface area contributed by atoms with Gasteiger partial charge in [0, 0.05) is 19.0 Å². The van der Waals surface area contributed by atoms with Crippen LogP contribution in [0.2, 0.25) is 0 Å². The van der Waals surface area contributed by atoms with Crippen LogP contribution >= 0.6 is 0 Å². The smallest absolute Gasteiger partial charge is 0.221 e. The Balaban J connectivity index is 2.06. The Hall–Kier alpha value is -0.570. The highest BCUT2D eigenvalue weighted by Gasteiger charge is 2.22. The number of hydrogen-bond acceptors (Lipinski definition) is 2. The molecule has 1 heterocycles. The molecule has 1 amide bonds. The van der Waals surface area contributed by atoms with Crippen LogP contribution in [-0.2, 0) is 4.79 Å². The van der Waals surface area contributed by atoms with Crippen molar-refractivity contribution in [3.05, 3.63) is 0 Å². The van der Waals surface area contributed by atoms with E-state index in [9.17, 15) is 4.79 Å². The second-order valence-corrected chi connectivity index (χ2v) is 6.12. The summed E-state index contributed by atoms with van der Waals surface area (Å²) in [5, 5.41) is 6.50. The molecule has 0 radical (unpaired) electrons. The van der Waals surface area contributed by atoms with Gasteiger partial charge in [-0.25, -0.2) is 0 Å². The molecule has 0 aromatic carbocycles. The highest BCUT2D eigenvalue weighted by molar-refractivity contribution is 5.76. The second-order valence-electron chi connectivity index (χ2n) is 6.12. The van der Waals surface area contributed by atoms with Crippen LogP contribution in [0.3, 0.4) is 0 Å². The first-order valence-corrected chi connectivity index (χ1v) is 7.59. The molecule has 3 nitrogen and oxygen atoms in total. The molecule has 106 valence electrons. The summed E-state index contributed by atoms with van der Waals surface area (Å²) in [6.45, 7) is 8.64. The van der Waals surface area contributed by atoms with E-state index < -0.39 is 0 Å². The number of carbonyl (C=O) groups is 1. The first-order valence-electron chi connectivity index (χ1n) is 7.59. The Kier molecular flexibility index (Phi) is 7.33. The fourth-order valence-electron chi connectivity index (χ4n) is 2.56. The van der Waals surface area contributed by atoms with Crippen LogP contribution in [0.15, 0.2) is 0 Å². The summed E-state index contributed by atoms with van der Waals surface area (Å²) >= 11 is 0. The third-order valence-corrected chi connectivity index (χ3v) is 3.87. The first kappa shape index (κ1) is 15.5. The third kappa shape index (κ3) is 6.39. The molecule has 3 heteroatoms. The van der Waals surface area contributed by atoms with Crippen LogP contribution in [0, 0.1) is 11.8 Å². The van der Waals surface area contributed by atoms with Gasteiger partial charge in [-0.1, -0.05) is 33.6 Å². The lowest BCUT2D eigenvalue weighted by Crippen LogP contribution is -2.43. The van der Waals surface area contributed by atoms with E-state index in [1.807, 2.05) is 0 Å². The summed E-state index contributed by atoms with van der Waals surface area (Å²) in [4.78, 5) is 11.8. The summed E-state index contributed by atoms with van der Waals surface area (Å²) < 4.78 is 0. The molecule has 0 spiro atoms. The summed E-state index contributed by atoms with van der Waals surface area (Å²) in [5.41, 5.74) is 0. The van der Waals surface area contributed by atoms with E-state index in [-0.39, 0.29) is 5.91 Å². The Morgan fingerprint density at radius 3 is 2.83 bits per heavy atom. The Bertz CT molecular complexity index is 241. The minimum absolute atomic E-state index is 0.214. The van der Waals surface area contributed by atoms with Gasteiger partial charge in [-0.05, 0) is 37.6 Å². The predicted molar refractivity (Wildman–Crippen MR) is 76.5 cm³/mol. The highest BCUT2D eigenvalue weighted by Crippen LogP contribution is 2.17. The van der Waals surface area contributed by atoms with Gasteiger partial charge in [0.25, 0.3) is 0 Å². The lowest BCUT2D eigenvalue weighted by atomic mass is 9.90. The normalized spacial score (nSPS) is 24.2. The largest absolute Gasteiger partial charge is 0.356 e.